The highest BCUT2D eigenvalue weighted by atomic mass is 15.1. The molecule has 0 amide bonds. The first-order chi connectivity index (χ1) is 10.8. The molecule has 0 aliphatic carbocycles. The number of hydrogen-bond donors (Lipinski definition) is 0. The molecule has 1 unspecified atom stereocenters. The maximum Gasteiger partial charge on any atom is 0.0242 e. The molecule has 0 aromatic heterocycles. The fraction of sp³-hybridized carbons (Fsp3) is 0.190. The van der Waals surface area contributed by atoms with E-state index < -0.39 is 0 Å². The molecular formula is C21H22N-. The van der Waals surface area contributed by atoms with E-state index in [1.807, 2.05) is 0 Å². The van der Waals surface area contributed by atoms with Crippen molar-refractivity contribution in [1.29, 1.82) is 0 Å². The van der Waals surface area contributed by atoms with E-state index in [2.05, 4.69) is 96.8 Å². The van der Waals surface area contributed by atoms with Crippen molar-refractivity contribution in [2.45, 2.75) is 26.1 Å². The molecule has 1 atom stereocenters. The Morgan fingerprint density at radius 2 is 1.32 bits per heavy atom. The molecule has 3 aromatic rings. The van der Waals surface area contributed by atoms with Gasteiger partial charge in [-0.2, -0.15) is 17.7 Å². The second-order valence-electron chi connectivity index (χ2n) is 5.77. The van der Waals surface area contributed by atoms with Crippen molar-refractivity contribution in [3.63, 3.8) is 0 Å². The summed E-state index contributed by atoms with van der Waals surface area (Å²) < 4.78 is 0. The topological polar surface area (TPSA) is 3.24 Å². The maximum atomic E-state index is 2.53. The molecule has 3 aromatic carbocycles. The lowest BCUT2D eigenvalue weighted by molar-refractivity contribution is 0.192. The van der Waals surface area contributed by atoms with Crippen LogP contribution in [0.15, 0.2) is 84.9 Å². The fourth-order valence-corrected chi connectivity index (χ4v) is 2.84. The first-order valence-electron chi connectivity index (χ1n) is 7.86. The van der Waals surface area contributed by atoms with E-state index in [-0.39, 0.29) is 0 Å². The van der Waals surface area contributed by atoms with Gasteiger partial charge in [0.05, 0.1) is 0 Å². The van der Waals surface area contributed by atoms with Crippen molar-refractivity contribution in [2.24, 2.45) is 0 Å². The lowest BCUT2D eigenvalue weighted by Crippen LogP contribution is -2.26. The van der Waals surface area contributed by atoms with Crippen LogP contribution in [0.25, 0.3) is 0 Å². The van der Waals surface area contributed by atoms with Crippen molar-refractivity contribution >= 4 is 0 Å². The van der Waals surface area contributed by atoms with Crippen LogP contribution in [0.4, 0.5) is 0 Å². The van der Waals surface area contributed by atoms with Gasteiger partial charge in [0.2, 0.25) is 0 Å². The summed E-state index contributed by atoms with van der Waals surface area (Å²) >= 11 is 0. The summed E-state index contributed by atoms with van der Waals surface area (Å²) in [5.41, 5.74) is 4.10. The average Bonchev–Trinajstić information content (AvgIpc) is 3.10. The molecule has 0 heterocycles. The summed E-state index contributed by atoms with van der Waals surface area (Å²) in [6, 6.07) is 30.5. The minimum atomic E-state index is 0.399. The Labute approximate surface area is 133 Å². The highest BCUT2D eigenvalue weighted by molar-refractivity contribution is 5.22. The van der Waals surface area contributed by atoms with Gasteiger partial charge in [0, 0.05) is 19.1 Å². The number of hydrogen-bond acceptors (Lipinski definition) is 1. The summed E-state index contributed by atoms with van der Waals surface area (Å²) in [5.74, 6) is 0. The minimum Gasteiger partial charge on any atom is -0.290 e. The molecule has 0 N–H and O–H groups in total. The Bertz CT molecular complexity index is 614. The van der Waals surface area contributed by atoms with Crippen LogP contribution in [0.3, 0.4) is 0 Å². The fourth-order valence-electron chi connectivity index (χ4n) is 2.84. The van der Waals surface area contributed by atoms with Gasteiger partial charge in [-0.3, -0.25) is 4.90 Å². The van der Waals surface area contributed by atoms with Gasteiger partial charge in [0.1, 0.15) is 0 Å². The van der Waals surface area contributed by atoms with Crippen molar-refractivity contribution in [3.05, 3.63) is 102 Å². The van der Waals surface area contributed by atoms with E-state index in [4.69, 9.17) is 0 Å². The van der Waals surface area contributed by atoms with Gasteiger partial charge < -0.3 is 0 Å². The lowest BCUT2D eigenvalue weighted by atomic mass is 10.1. The second kappa shape index (κ2) is 7.15. The van der Waals surface area contributed by atoms with Crippen LogP contribution in [-0.2, 0) is 13.1 Å². The highest BCUT2D eigenvalue weighted by Gasteiger charge is 2.14. The number of benzene rings is 2. The summed E-state index contributed by atoms with van der Waals surface area (Å²) in [4.78, 5) is 2.53. The van der Waals surface area contributed by atoms with Crippen LogP contribution in [0.1, 0.15) is 29.7 Å². The van der Waals surface area contributed by atoms with E-state index in [0.717, 1.165) is 13.1 Å². The third-order valence-corrected chi connectivity index (χ3v) is 4.18. The number of nitrogens with zero attached hydrogens (tertiary/aromatic N) is 1. The van der Waals surface area contributed by atoms with Crippen molar-refractivity contribution in [3.8, 4) is 0 Å². The Morgan fingerprint density at radius 3 is 1.77 bits per heavy atom. The molecule has 0 aliphatic heterocycles. The standard InChI is InChI=1S/C21H22N/c1-18(21-14-8-9-15-21)22(16-19-10-4-2-5-11-19)17-20-12-6-3-7-13-20/h2-15,18H,16-17H2,1H3/q-1. The Hall–Kier alpha value is -2.25. The maximum absolute atomic E-state index is 2.53. The molecule has 0 saturated carbocycles. The van der Waals surface area contributed by atoms with E-state index in [0.29, 0.717) is 6.04 Å². The number of rotatable bonds is 6. The average molecular weight is 288 g/mol. The first-order valence-corrected chi connectivity index (χ1v) is 7.86. The Balaban J connectivity index is 1.81. The molecule has 22 heavy (non-hydrogen) atoms. The zero-order chi connectivity index (χ0) is 15.2. The van der Waals surface area contributed by atoms with Crippen LogP contribution in [0.2, 0.25) is 0 Å². The lowest BCUT2D eigenvalue weighted by Gasteiger charge is -2.31. The van der Waals surface area contributed by atoms with Crippen molar-refractivity contribution in [2.75, 3.05) is 0 Å². The molecule has 0 bridgehead atoms. The monoisotopic (exact) mass is 288 g/mol. The van der Waals surface area contributed by atoms with Crippen molar-refractivity contribution < 1.29 is 0 Å². The van der Waals surface area contributed by atoms with Crippen LogP contribution in [0, 0.1) is 0 Å². The van der Waals surface area contributed by atoms with E-state index >= 15 is 0 Å². The van der Waals surface area contributed by atoms with E-state index in [9.17, 15) is 0 Å². The summed E-state index contributed by atoms with van der Waals surface area (Å²) in [6.07, 6.45) is 0. The highest BCUT2D eigenvalue weighted by Crippen LogP contribution is 2.24. The predicted molar refractivity (Wildman–Crippen MR) is 92.6 cm³/mol. The SMILES string of the molecule is CC(c1ccc[cH-]1)N(Cc1ccccc1)Cc1ccccc1. The quantitative estimate of drug-likeness (QED) is 0.566. The summed E-state index contributed by atoms with van der Waals surface area (Å²) in [7, 11) is 0. The smallest absolute Gasteiger partial charge is 0.0242 e. The zero-order valence-corrected chi connectivity index (χ0v) is 13.0. The Morgan fingerprint density at radius 1 is 0.773 bits per heavy atom. The molecule has 0 radical (unpaired) electrons. The van der Waals surface area contributed by atoms with Gasteiger partial charge in [-0.1, -0.05) is 60.7 Å². The van der Waals surface area contributed by atoms with Crippen LogP contribution >= 0.6 is 0 Å². The third kappa shape index (κ3) is 3.69. The van der Waals surface area contributed by atoms with Crippen LogP contribution in [-0.4, -0.2) is 4.90 Å². The predicted octanol–water partition coefficient (Wildman–Crippen LogP) is 5.17. The van der Waals surface area contributed by atoms with Gasteiger partial charge in [-0.15, -0.1) is 0 Å². The largest absolute Gasteiger partial charge is 0.290 e. The van der Waals surface area contributed by atoms with E-state index in [1.54, 1.807) is 0 Å². The normalized spacial score (nSPS) is 12.5. The first kappa shape index (κ1) is 14.7. The minimum absolute atomic E-state index is 0.399. The van der Waals surface area contributed by atoms with E-state index in [1.165, 1.54) is 16.7 Å². The third-order valence-electron chi connectivity index (χ3n) is 4.18. The zero-order valence-electron chi connectivity index (χ0n) is 13.0. The van der Waals surface area contributed by atoms with Gasteiger partial charge in [0.25, 0.3) is 0 Å². The molecule has 0 saturated heterocycles. The molecule has 112 valence electrons. The molecular weight excluding hydrogens is 266 g/mol. The summed E-state index contributed by atoms with van der Waals surface area (Å²) in [5, 5.41) is 0. The van der Waals surface area contributed by atoms with Crippen LogP contribution in [0.5, 0.6) is 0 Å². The van der Waals surface area contributed by atoms with Gasteiger partial charge in [0.15, 0.2) is 0 Å². The van der Waals surface area contributed by atoms with Gasteiger partial charge in [-0.05, 0) is 18.1 Å². The molecule has 3 rings (SSSR count). The van der Waals surface area contributed by atoms with Gasteiger partial charge >= 0.3 is 0 Å². The Kier molecular flexibility index (Phi) is 4.77. The molecule has 0 aliphatic rings. The summed E-state index contributed by atoms with van der Waals surface area (Å²) in [6.45, 7) is 4.21. The van der Waals surface area contributed by atoms with Crippen molar-refractivity contribution in [1.82, 2.24) is 4.90 Å². The molecule has 1 heteroatoms. The molecule has 0 spiro atoms. The second-order valence-corrected chi connectivity index (χ2v) is 5.77. The van der Waals surface area contributed by atoms with Gasteiger partial charge in [-0.25, -0.2) is 12.1 Å². The molecule has 1 nitrogen and oxygen atoms in total. The van der Waals surface area contributed by atoms with Crippen LogP contribution < -0.4 is 0 Å². The molecule has 0 fully saturated rings.